The maximum atomic E-state index is 11.2. The standard InChI is InChI=1S/C12H23NO2/c1-10(2)15-12(14)9-13-8-11-6-4-3-5-7-11/h10-11,13H,3-9H2,1-2H3. The SMILES string of the molecule is CC(C)OC(=O)CNCC1CCCCC1. The molecule has 88 valence electrons. The molecular weight excluding hydrogens is 190 g/mol. The van der Waals surface area contributed by atoms with E-state index in [-0.39, 0.29) is 12.1 Å². The third kappa shape index (κ3) is 5.78. The van der Waals surface area contributed by atoms with Crippen molar-refractivity contribution in [3.05, 3.63) is 0 Å². The summed E-state index contributed by atoms with van der Waals surface area (Å²) in [5, 5.41) is 3.19. The normalized spacial score (nSPS) is 18.1. The lowest BCUT2D eigenvalue weighted by Crippen LogP contribution is -2.31. The monoisotopic (exact) mass is 213 g/mol. The van der Waals surface area contributed by atoms with Crippen LogP contribution in [0.2, 0.25) is 0 Å². The van der Waals surface area contributed by atoms with E-state index >= 15 is 0 Å². The van der Waals surface area contributed by atoms with Gasteiger partial charge in [0.05, 0.1) is 12.6 Å². The number of carbonyl (C=O) groups excluding carboxylic acids is 1. The Bertz CT molecular complexity index is 186. The first-order valence-electron chi connectivity index (χ1n) is 6.08. The second-order valence-corrected chi connectivity index (χ2v) is 4.67. The zero-order valence-corrected chi connectivity index (χ0v) is 9.92. The minimum Gasteiger partial charge on any atom is -0.462 e. The fraction of sp³-hybridized carbons (Fsp3) is 0.917. The van der Waals surface area contributed by atoms with E-state index in [4.69, 9.17) is 4.74 Å². The predicted octanol–water partition coefficient (Wildman–Crippen LogP) is 2.11. The molecule has 0 unspecified atom stereocenters. The van der Waals surface area contributed by atoms with Crippen LogP contribution in [0.15, 0.2) is 0 Å². The van der Waals surface area contributed by atoms with E-state index in [0.717, 1.165) is 12.5 Å². The van der Waals surface area contributed by atoms with Crippen LogP contribution < -0.4 is 5.32 Å². The van der Waals surface area contributed by atoms with Crippen LogP contribution in [0.1, 0.15) is 46.0 Å². The molecule has 1 fully saturated rings. The first-order chi connectivity index (χ1) is 7.18. The molecule has 1 aliphatic carbocycles. The summed E-state index contributed by atoms with van der Waals surface area (Å²) in [5.74, 6) is 0.631. The molecule has 0 heterocycles. The van der Waals surface area contributed by atoms with Crippen molar-refractivity contribution in [3.8, 4) is 0 Å². The van der Waals surface area contributed by atoms with E-state index < -0.39 is 0 Å². The molecule has 1 N–H and O–H groups in total. The van der Waals surface area contributed by atoms with Crippen LogP contribution in [-0.4, -0.2) is 25.2 Å². The molecule has 0 amide bonds. The Morgan fingerprint density at radius 2 is 2.00 bits per heavy atom. The largest absolute Gasteiger partial charge is 0.462 e. The second kappa shape index (κ2) is 6.83. The number of hydrogen-bond donors (Lipinski definition) is 1. The van der Waals surface area contributed by atoms with Gasteiger partial charge in [0.2, 0.25) is 0 Å². The minimum atomic E-state index is -0.138. The number of rotatable bonds is 5. The van der Waals surface area contributed by atoms with Gasteiger partial charge in [-0.25, -0.2) is 0 Å². The molecule has 0 aromatic rings. The highest BCUT2D eigenvalue weighted by atomic mass is 16.5. The number of nitrogens with one attached hydrogen (secondary N) is 1. The van der Waals surface area contributed by atoms with Gasteiger partial charge >= 0.3 is 5.97 Å². The zero-order valence-electron chi connectivity index (χ0n) is 9.92. The molecule has 0 saturated heterocycles. The third-order valence-electron chi connectivity index (χ3n) is 2.79. The average Bonchev–Trinajstić information content (AvgIpc) is 2.18. The first kappa shape index (κ1) is 12.5. The number of hydrogen-bond acceptors (Lipinski definition) is 3. The summed E-state index contributed by atoms with van der Waals surface area (Å²) in [6, 6.07) is 0. The van der Waals surface area contributed by atoms with Crippen molar-refractivity contribution < 1.29 is 9.53 Å². The Morgan fingerprint density at radius 1 is 1.33 bits per heavy atom. The minimum absolute atomic E-state index is 0.00557. The Balaban J connectivity index is 2.02. The van der Waals surface area contributed by atoms with Gasteiger partial charge in [-0.15, -0.1) is 0 Å². The van der Waals surface area contributed by atoms with Crippen LogP contribution in [0.5, 0.6) is 0 Å². The average molecular weight is 213 g/mol. The quantitative estimate of drug-likeness (QED) is 0.711. The summed E-state index contributed by atoms with van der Waals surface area (Å²) in [7, 11) is 0. The Hall–Kier alpha value is -0.570. The fourth-order valence-electron chi connectivity index (χ4n) is 2.07. The van der Waals surface area contributed by atoms with E-state index in [2.05, 4.69) is 5.32 Å². The van der Waals surface area contributed by atoms with Gasteiger partial charge in [-0.1, -0.05) is 19.3 Å². The molecule has 0 atom stereocenters. The molecule has 0 aromatic carbocycles. The summed E-state index contributed by atoms with van der Waals surface area (Å²) in [6.07, 6.45) is 6.70. The molecule has 0 radical (unpaired) electrons. The van der Waals surface area contributed by atoms with Gasteiger partial charge in [0.25, 0.3) is 0 Å². The van der Waals surface area contributed by atoms with Gasteiger partial charge in [0.15, 0.2) is 0 Å². The fourth-order valence-corrected chi connectivity index (χ4v) is 2.07. The lowest BCUT2D eigenvalue weighted by molar-refractivity contribution is -0.146. The van der Waals surface area contributed by atoms with Crippen molar-refractivity contribution in [2.24, 2.45) is 5.92 Å². The van der Waals surface area contributed by atoms with Gasteiger partial charge < -0.3 is 10.1 Å². The number of ether oxygens (including phenoxy) is 1. The highest BCUT2D eigenvalue weighted by Gasteiger charge is 2.13. The van der Waals surface area contributed by atoms with Gasteiger partial charge in [0.1, 0.15) is 0 Å². The number of carbonyl (C=O) groups is 1. The molecule has 0 spiro atoms. The maximum Gasteiger partial charge on any atom is 0.320 e. The van der Waals surface area contributed by atoms with Crippen LogP contribution in [-0.2, 0) is 9.53 Å². The van der Waals surface area contributed by atoms with Gasteiger partial charge in [0, 0.05) is 0 Å². The van der Waals surface area contributed by atoms with Crippen LogP contribution in [0, 0.1) is 5.92 Å². The highest BCUT2D eigenvalue weighted by molar-refractivity contribution is 5.71. The Morgan fingerprint density at radius 3 is 2.60 bits per heavy atom. The molecule has 3 nitrogen and oxygen atoms in total. The predicted molar refractivity (Wildman–Crippen MR) is 60.7 cm³/mol. The summed E-state index contributed by atoms with van der Waals surface area (Å²) < 4.78 is 5.04. The van der Waals surface area contributed by atoms with Crippen LogP contribution in [0.25, 0.3) is 0 Å². The van der Waals surface area contributed by atoms with E-state index in [0.29, 0.717) is 6.54 Å². The lowest BCUT2D eigenvalue weighted by Gasteiger charge is -2.21. The zero-order chi connectivity index (χ0) is 11.1. The van der Waals surface area contributed by atoms with Gasteiger partial charge in [-0.2, -0.15) is 0 Å². The molecule has 0 bridgehead atoms. The van der Waals surface area contributed by atoms with Gasteiger partial charge in [-0.3, -0.25) is 4.79 Å². The van der Waals surface area contributed by atoms with E-state index in [1.54, 1.807) is 0 Å². The topological polar surface area (TPSA) is 38.3 Å². The lowest BCUT2D eigenvalue weighted by atomic mass is 9.89. The molecule has 1 saturated carbocycles. The first-order valence-corrected chi connectivity index (χ1v) is 6.08. The molecule has 1 rings (SSSR count). The van der Waals surface area contributed by atoms with Crippen LogP contribution >= 0.6 is 0 Å². The van der Waals surface area contributed by atoms with E-state index in [1.807, 2.05) is 13.8 Å². The summed E-state index contributed by atoms with van der Waals surface area (Å²) in [4.78, 5) is 11.2. The number of esters is 1. The van der Waals surface area contributed by atoms with Gasteiger partial charge in [-0.05, 0) is 39.2 Å². The van der Waals surface area contributed by atoms with Crippen molar-refractivity contribution >= 4 is 5.97 Å². The molecule has 1 aliphatic rings. The van der Waals surface area contributed by atoms with Crippen molar-refractivity contribution in [2.75, 3.05) is 13.1 Å². The molecule has 0 aromatic heterocycles. The maximum absolute atomic E-state index is 11.2. The van der Waals surface area contributed by atoms with E-state index in [1.165, 1.54) is 32.1 Å². The summed E-state index contributed by atoms with van der Waals surface area (Å²) in [6.45, 7) is 5.07. The van der Waals surface area contributed by atoms with Crippen molar-refractivity contribution in [2.45, 2.75) is 52.1 Å². The van der Waals surface area contributed by atoms with E-state index in [9.17, 15) is 4.79 Å². The smallest absolute Gasteiger partial charge is 0.320 e. The Labute approximate surface area is 92.6 Å². The third-order valence-corrected chi connectivity index (χ3v) is 2.79. The van der Waals surface area contributed by atoms with Crippen LogP contribution in [0.3, 0.4) is 0 Å². The Kier molecular flexibility index (Phi) is 5.69. The molecule has 3 heteroatoms. The van der Waals surface area contributed by atoms with Crippen molar-refractivity contribution in [3.63, 3.8) is 0 Å². The highest BCUT2D eigenvalue weighted by Crippen LogP contribution is 2.22. The second-order valence-electron chi connectivity index (χ2n) is 4.67. The molecule has 15 heavy (non-hydrogen) atoms. The summed E-state index contributed by atoms with van der Waals surface area (Å²) in [5.41, 5.74) is 0. The summed E-state index contributed by atoms with van der Waals surface area (Å²) >= 11 is 0. The van der Waals surface area contributed by atoms with Crippen molar-refractivity contribution in [1.82, 2.24) is 5.32 Å². The van der Waals surface area contributed by atoms with Crippen molar-refractivity contribution in [1.29, 1.82) is 0 Å². The van der Waals surface area contributed by atoms with Crippen LogP contribution in [0.4, 0.5) is 0 Å². The molecular formula is C12H23NO2. The molecule has 0 aliphatic heterocycles.